The molecule has 0 aromatic carbocycles. The second-order valence-electron chi connectivity index (χ2n) is 3.85. The zero-order valence-electron chi connectivity index (χ0n) is 9.02. The fourth-order valence-electron chi connectivity index (χ4n) is 1.01. The molecule has 0 fully saturated rings. The van der Waals surface area contributed by atoms with E-state index in [-0.39, 0.29) is 5.56 Å². The van der Waals surface area contributed by atoms with Gasteiger partial charge in [0.15, 0.2) is 0 Å². The first-order valence-electron chi connectivity index (χ1n) is 4.60. The number of carboxylic acids is 1. The van der Waals surface area contributed by atoms with Gasteiger partial charge in [-0.2, -0.15) is 0 Å². The highest BCUT2D eigenvalue weighted by molar-refractivity contribution is 5.89. The summed E-state index contributed by atoms with van der Waals surface area (Å²) in [7, 11) is 0. The van der Waals surface area contributed by atoms with Gasteiger partial charge in [0, 0.05) is 6.20 Å². The molecule has 0 spiro atoms. The number of aromatic carboxylic acids is 1. The van der Waals surface area contributed by atoms with Crippen LogP contribution in [0.25, 0.3) is 0 Å². The molecule has 1 amide bonds. The van der Waals surface area contributed by atoms with Gasteiger partial charge >= 0.3 is 5.97 Å². The van der Waals surface area contributed by atoms with Gasteiger partial charge in [0.2, 0.25) is 5.91 Å². The Morgan fingerprint density at radius 3 is 2.62 bits per heavy atom. The number of amides is 1. The lowest BCUT2D eigenvalue weighted by Gasteiger charge is -2.22. The number of primary amides is 1. The third kappa shape index (κ3) is 2.69. The Balaban J connectivity index is 2.94. The summed E-state index contributed by atoms with van der Waals surface area (Å²) in [5.74, 6) is -1.30. The Hall–Kier alpha value is -2.11. The zero-order valence-corrected chi connectivity index (χ0v) is 9.02. The molecule has 1 rings (SSSR count). The molecule has 0 saturated carbocycles. The molecule has 0 atom stereocenters. The van der Waals surface area contributed by atoms with Crippen LogP contribution in [0.2, 0.25) is 0 Å². The highest BCUT2D eigenvalue weighted by Crippen LogP contribution is 2.13. The van der Waals surface area contributed by atoms with Crippen LogP contribution in [0.3, 0.4) is 0 Å². The van der Waals surface area contributed by atoms with E-state index in [0.717, 1.165) is 0 Å². The van der Waals surface area contributed by atoms with Crippen molar-refractivity contribution in [1.29, 1.82) is 0 Å². The van der Waals surface area contributed by atoms with Gasteiger partial charge in [0.1, 0.15) is 11.4 Å². The van der Waals surface area contributed by atoms with Crippen molar-refractivity contribution in [3.63, 3.8) is 0 Å². The van der Waals surface area contributed by atoms with E-state index in [2.05, 4.69) is 10.3 Å². The number of nitrogens with one attached hydrogen (secondary N) is 1. The normalized spacial score (nSPS) is 10.9. The van der Waals surface area contributed by atoms with Gasteiger partial charge < -0.3 is 16.2 Å². The molecule has 6 nitrogen and oxygen atoms in total. The van der Waals surface area contributed by atoms with Crippen LogP contribution in [0.4, 0.5) is 5.82 Å². The number of carboxylic acid groups (broad SMARTS) is 1. The molecule has 4 N–H and O–H groups in total. The summed E-state index contributed by atoms with van der Waals surface area (Å²) >= 11 is 0. The van der Waals surface area contributed by atoms with E-state index in [4.69, 9.17) is 10.8 Å². The number of pyridine rings is 1. The molecule has 1 aromatic rings. The Labute approximate surface area is 92.5 Å². The number of anilines is 1. The first-order valence-corrected chi connectivity index (χ1v) is 4.60. The number of nitrogens with two attached hydrogens (primary N) is 1. The maximum Gasteiger partial charge on any atom is 0.335 e. The van der Waals surface area contributed by atoms with Crippen molar-refractivity contribution in [3.8, 4) is 0 Å². The third-order valence-electron chi connectivity index (χ3n) is 2.06. The lowest BCUT2D eigenvalue weighted by Crippen LogP contribution is -2.45. The summed E-state index contributed by atoms with van der Waals surface area (Å²) in [6, 6.07) is 2.71. The van der Waals surface area contributed by atoms with Crippen LogP contribution < -0.4 is 11.1 Å². The van der Waals surface area contributed by atoms with Crippen molar-refractivity contribution < 1.29 is 14.7 Å². The standard InChI is InChI=1S/C10H13N3O3/c1-10(2,9(11)16)13-7-5-6(8(14)15)3-4-12-7/h3-5H,1-2H3,(H2,11,16)(H,12,13)(H,14,15). The van der Waals surface area contributed by atoms with E-state index < -0.39 is 17.4 Å². The number of hydrogen-bond donors (Lipinski definition) is 3. The Morgan fingerprint density at radius 1 is 1.50 bits per heavy atom. The van der Waals surface area contributed by atoms with Gasteiger partial charge in [-0.1, -0.05) is 0 Å². The van der Waals surface area contributed by atoms with Crippen molar-refractivity contribution in [1.82, 2.24) is 4.98 Å². The molecule has 0 bridgehead atoms. The van der Waals surface area contributed by atoms with E-state index in [1.54, 1.807) is 13.8 Å². The van der Waals surface area contributed by atoms with Crippen LogP contribution in [0.5, 0.6) is 0 Å². The molecule has 0 unspecified atom stereocenters. The van der Waals surface area contributed by atoms with Gasteiger partial charge in [-0.3, -0.25) is 4.79 Å². The minimum Gasteiger partial charge on any atom is -0.478 e. The van der Waals surface area contributed by atoms with Crippen molar-refractivity contribution in [2.45, 2.75) is 19.4 Å². The second kappa shape index (κ2) is 4.18. The average molecular weight is 223 g/mol. The van der Waals surface area contributed by atoms with E-state index in [1.165, 1.54) is 18.3 Å². The smallest absolute Gasteiger partial charge is 0.335 e. The summed E-state index contributed by atoms with van der Waals surface area (Å²) in [5.41, 5.74) is 4.28. The van der Waals surface area contributed by atoms with E-state index in [9.17, 15) is 9.59 Å². The average Bonchev–Trinajstić information content (AvgIpc) is 2.17. The summed E-state index contributed by atoms with van der Waals surface area (Å²) in [5, 5.41) is 11.5. The Bertz CT molecular complexity index is 429. The number of carbonyl (C=O) groups is 2. The van der Waals surface area contributed by atoms with Gasteiger partial charge in [-0.25, -0.2) is 9.78 Å². The van der Waals surface area contributed by atoms with Crippen LogP contribution in [-0.4, -0.2) is 27.5 Å². The lowest BCUT2D eigenvalue weighted by molar-refractivity contribution is -0.121. The molecular weight excluding hydrogens is 210 g/mol. The monoisotopic (exact) mass is 223 g/mol. The number of aromatic nitrogens is 1. The molecule has 16 heavy (non-hydrogen) atoms. The summed E-state index contributed by atoms with van der Waals surface area (Å²) in [6.45, 7) is 3.18. The molecular formula is C10H13N3O3. The minimum absolute atomic E-state index is 0.0952. The second-order valence-corrected chi connectivity index (χ2v) is 3.85. The molecule has 1 aromatic heterocycles. The van der Waals surface area contributed by atoms with Crippen molar-refractivity contribution in [2.75, 3.05) is 5.32 Å². The fraction of sp³-hybridized carbons (Fsp3) is 0.300. The van der Waals surface area contributed by atoms with Gasteiger partial charge in [0.25, 0.3) is 0 Å². The number of carbonyl (C=O) groups excluding carboxylic acids is 1. The van der Waals surface area contributed by atoms with Crippen LogP contribution >= 0.6 is 0 Å². The number of rotatable bonds is 4. The van der Waals surface area contributed by atoms with Crippen molar-refractivity contribution >= 4 is 17.7 Å². The van der Waals surface area contributed by atoms with Crippen molar-refractivity contribution in [2.24, 2.45) is 5.73 Å². The largest absolute Gasteiger partial charge is 0.478 e. The molecule has 0 aliphatic heterocycles. The van der Waals surface area contributed by atoms with Gasteiger partial charge in [-0.05, 0) is 26.0 Å². The zero-order chi connectivity index (χ0) is 12.3. The Morgan fingerprint density at radius 2 is 2.12 bits per heavy atom. The first kappa shape index (κ1) is 12.0. The highest BCUT2D eigenvalue weighted by atomic mass is 16.4. The van der Waals surface area contributed by atoms with Crippen LogP contribution in [0.15, 0.2) is 18.3 Å². The quantitative estimate of drug-likeness (QED) is 0.687. The highest BCUT2D eigenvalue weighted by Gasteiger charge is 2.25. The first-order chi connectivity index (χ1) is 7.33. The molecule has 1 heterocycles. The molecule has 0 aliphatic carbocycles. The lowest BCUT2D eigenvalue weighted by atomic mass is 10.1. The SMILES string of the molecule is CC(C)(Nc1cc(C(=O)O)ccn1)C(N)=O. The van der Waals surface area contributed by atoms with E-state index in [0.29, 0.717) is 5.82 Å². The van der Waals surface area contributed by atoms with E-state index in [1.807, 2.05) is 0 Å². The Kier molecular flexibility index (Phi) is 3.12. The summed E-state index contributed by atoms with van der Waals surface area (Å²) < 4.78 is 0. The molecule has 6 heteroatoms. The van der Waals surface area contributed by atoms with E-state index >= 15 is 0 Å². The molecule has 0 radical (unpaired) electrons. The van der Waals surface area contributed by atoms with Gasteiger partial charge in [-0.15, -0.1) is 0 Å². The summed E-state index contributed by atoms with van der Waals surface area (Å²) in [6.07, 6.45) is 1.35. The summed E-state index contributed by atoms with van der Waals surface area (Å²) in [4.78, 5) is 25.7. The van der Waals surface area contributed by atoms with Crippen LogP contribution in [-0.2, 0) is 4.79 Å². The third-order valence-corrected chi connectivity index (χ3v) is 2.06. The number of hydrogen-bond acceptors (Lipinski definition) is 4. The molecule has 0 aliphatic rings. The maximum atomic E-state index is 11.1. The maximum absolute atomic E-state index is 11.1. The fourth-order valence-corrected chi connectivity index (χ4v) is 1.01. The molecule has 86 valence electrons. The number of nitrogens with zero attached hydrogens (tertiary/aromatic N) is 1. The molecule has 0 saturated heterocycles. The topological polar surface area (TPSA) is 105 Å². The minimum atomic E-state index is -1.05. The van der Waals surface area contributed by atoms with Gasteiger partial charge in [0.05, 0.1) is 5.56 Å². The predicted molar refractivity (Wildman–Crippen MR) is 58.1 cm³/mol. The van der Waals surface area contributed by atoms with Crippen LogP contribution in [0, 0.1) is 0 Å². The van der Waals surface area contributed by atoms with Crippen molar-refractivity contribution in [3.05, 3.63) is 23.9 Å². The van der Waals surface area contributed by atoms with Crippen LogP contribution in [0.1, 0.15) is 24.2 Å². The predicted octanol–water partition coefficient (Wildman–Crippen LogP) is 0.456.